The molecule has 0 saturated heterocycles. The summed E-state index contributed by atoms with van der Waals surface area (Å²) in [5.74, 6) is -0.143. The zero-order valence-electron chi connectivity index (χ0n) is 17.1. The van der Waals surface area contributed by atoms with Gasteiger partial charge in [0.15, 0.2) is 6.61 Å². The van der Waals surface area contributed by atoms with Crippen molar-refractivity contribution >= 4 is 28.9 Å². The molecule has 1 amide bonds. The number of anilines is 1. The Morgan fingerprint density at radius 1 is 1.38 bits per heavy atom. The number of nitrogens with zero attached hydrogens (tertiary/aromatic N) is 2. The lowest BCUT2D eigenvalue weighted by molar-refractivity contribution is -0.150. The third-order valence-electron chi connectivity index (χ3n) is 4.83. The fourth-order valence-electron chi connectivity index (χ4n) is 2.99. The van der Waals surface area contributed by atoms with Crippen LogP contribution in [0, 0.1) is 0 Å². The normalized spacial score (nSPS) is 15.4. The minimum Gasteiger partial charge on any atom is -0.482 e. The predicted molar refractivity (Wildman–Crippen MR) is 111 cm³/mol. The van der Waals surface area contributed by atoms with Gasteiger partial charge in [0.2, 0.25) is 0 Å². The molecule has 0 fully saturated rings. The van der Waals surface area contributed by atoms with E-state index in [-0.39, 0.29) is 18.6 Å². The predicted octanol–water partition coefficient (Wildman–Crippen LogP) is 3.45. The Balaban J connectivity index is 1.89. The molecule has 1 aromatic carbocycles. The summed E-state index contributed by atoms with van der Waals surface area (Å²) >= 11 is 1.57. The molecule has 29 heavy (non-hydrogen) atoms. The molecular formula is C21H26N2O5S. The van der Waals surface area contributed by atoms with Crippen LogP contribution in [0.2, 0.25) is 0 Å². The molecule has 0 aliphatic carbocycles. The summed E-state index contributed by atoms with van der Waals surface area (Å²) in [6, 6.07) is 4.81. The minimum atomic E-state index is -0.748. The summed E-state index contributed by atoms with van der Waals surface area (Å²) in [4.78, 5) is 31.2. The second-order valence-electron chi connectivity index (χ2n) is 6.94. The highest BCUT2D eigenvalue weighted by atomic mass is 32.1. The number of esters is 1. The summed E-state index contributed by atoms with van der Waals surface area (Å²) < 4.78 is 16.1. The molecule has 2 atom stereocenters. The fourth-order valence-corrected chi connectivity index (χ4v) is 3.78. The molecule has 7 nitrogen and oxygen atoms in total. The SMILES string of the molecule is CCC(C)OC(=O)C(C)N1C(=O)COc2ccc(-c3csc(CCOC)n3)cc21. The van der Waals surface area contributed by atoms with E-state index in [1.165, 1.54) is 4.90 Å². The molecule has 1 aliphatic rings. The first kappa shape index (κ1) is 21.3. The molecular weight excluding hydrogens is 392 g/mol. The summed E-state index contributed by atoms with van der Waals surface area (Å²) in [5.41, 5.74) is 2.23. The molecule has 2 aromatic rings. The highest BCUT2D eigenvalue weighted by Crippen LogP contribution is 2.37. The van der Waals surface area contributed by atoms with Crippen molar-refractivity contribution in [2.45, 2.75) is 45.8 Å². The van der Waals surface area contributed by atoms with Crippen LogP contribution in [0.25, 0.3) is 11.3 Å². The van der Waals surface area contributed by atoms with Gasteiger partial charge in [0.25, 0.3) is 5.91 Å². The molecule has 156 valence electrons. The van der Waals surface area contributed by atoms with Crippen molar-refractivity contribution in [1.29, 1.82) is 0 Å². The van der Waals surface area contributed by atoms with E-state index in [2.05, 4.69) is 4.98 Å². The molecule has 0 N–H and O–H groups in total. The van der Waals surface area contributed by atoms with Crippen molar-refractivity contribution in [2.24, 2.45) is 0 Å². The second kappa shape index (κ2) is 9.37. The van der Waals surface area contributed by atoms with Crippen molar-refractivity contribution in [3.05, 3.63) is 28.6 Å². The topological polar surface area (TPSA) is 78.0 Å². The molecule has 2 unspecified atom stereocenters. The van der Waals surface area contributed by atoms with Crippen molar-refractivity contribution in [3.8, 4) is 17.0 Å². The quantitative estimate of drug-likeness (QED) is 0.611. The number of hydrogen-bond acceptors (Lipinski definition) is 7. The Morgan fingerprint density at radius 2 is 2.17 bits per heavy atom. The number of hydrogen-bond donors (Lipinski definition) is 0. The van der Waals surface area contributed by atoms with Crippen LogP contribution >= 0.6 is 11.3 Å². The highest BCUT2D eigenvalue weighted by Gasteiger charge is 2.34. The number of benzene rings is 1. The maximum absolute atomic E-state index is 12.6. The smallest absolute Gasteiger partial charge is 0.329 e. The van der Waals surface area contributed by atoms with Crippen molar-refractivity contribution in [3.63, 3.8) is 0 Å². The van der Waals surface area contributed by atoms with E-state index in [0.29, 0.717) is 24.5 Å². The third kappa shape index (κ3) is 4.76. The van der Waals surface area contributed by atoms with Crippen molar-refractivity contribution < 1.29 is 23.8 Å². The molecule has 8 heteroatoms. The summed E-state index contributed by atoms with van der Waals surface area (Å²) in [6.45, 7) is 5.96. The van der Waals surface area contributed by atoms with Crippen molar-refractivity contribution in [2.75, 3.05) is 25.2 Å². The maximum Gasteiger partial charge on any atom is 0.329 e. The zero-order valence-corrected chi connectivity index (χ0v) is 18.0. The van der Waals surface area contributed by atoms with E-state index in [0.717, 1.165) is 22.7 Å². The van der Waals surface area contributed by atoms with Crippen LogP contribution in [0.15, 0.2) is 23.6 Å². The van der Waals surface area contributed by atoms with Gasteiger partial charge in [-0.25, -0.2) is 9.78 Å². The number of carbonyl (C=O) groups excluding carboxylic acids is 2. The van der Waals surface area contributed by atoms with Gasteiger partial charge in [0, 0.05) is 24.5 Å². The van der Waals surface area contributed by atoms with Gasteiger partial charge in [-0.15, -0.1) is 11.3 Å². The Kier molecular flexibility index (Phi) is 6.87. The van der Waals surface area contributed by atoms with Gasteiger partial charge in [-0.3, -0.25) is 9.69 Å². The van der Waals surface area contributed by atoms with Crippen LogP contribution < -0.4 is 9.64 Å². The monoisotopic (exact) mass is 418 g/mol. The van der Waals surface area contributed by atoms with Crippen LogP contribution in [0.4, 0.5) is 5.69 Å². The standard InChI is InChI=1S/C21H26N2O5S/c1-5-13(2)28-21(25)14(3)23-17-10-15(6-7-18(17)27-11-20(23)24)16-12-29-19(22-16)8-9-26-4/h6-7,10,12-14H,5,8-9,11H2,1-4H3. The lowest BCUT2D eigenvalue weighted by Crippen LogP contribution is -2.49. The fraction of sp³-hybridized carbons (Fsp3) is 0.476. The first-order chi connectivity index (χ1) is 13.9. The Labute approximate surface area is 174 Å². The van der Waals surface area contributed by atoms with Crippen LogP contribution in [0.5, 0.6) is 5.75 Å². The molecule has 3 rings (SSSR count). The number of aromatic nitrogens is 1. The van der Waals surface area contributed by atoms with E-state index >= 15 is 0 Å². The van der Waals surface area contributed by atoms with E-state index < -0.39 is 12.0 Å². The number of fused-ring (bicyclic) bond motifs is 1. The van der Waals surface area contributed by atoms with Gasteiger partial charge in [-0.1, -0.05) is 6.92 Å². The third-order valence-corrected chi connectivity index (χ3v) is 5.74. The van der Waals surface area contributed by atoms with Gasteiger partial charge in [0.05, 0.1) is 29.1 Å². The van der Waals surface area contributed by atoms with E-state index in [9.17, 15) is 9.59 Å². The first-order valence-corrected chi connectivity index (χ1v) is 10.6. The van der Waals surface area contributed by atoms with E-state index in [4.69, 9.17) is 14.2 Å². The van der Waals surface area contributed by atoms with Crippen LogP contribution in [-0.2, 0) is 25.5 Å². The minimum absolute atomic E-state index is 0.106. The van der Waals surface area contributed by atoms with Crippen LogP contribution in [-0.4, -0.2) is 49.3 Å². The largest absolute Gasteiger partial charge is 0.482 e. The zero-order chi connectivity index (χ0) is 21.0. The number of thiazole rings is 1. The molecule has 1 aliphatic heterocycles. The Morgan fingerprint density at radius 3 is 2.90 bits per heavy atom. The molecule has 2 heterocycles. The molecule has 0 radical (unpaired) electrons. The number of amides is 1. The van der Waals surface area contributed by atoms with Gasteiger partial charge < -0.3 is 14.2 Å². The first-order valence-electron chi connectivity index (χ1n) is 9.67. The van der Waals surface area contributed by atoms with E-state index in [1.54, 1.807) is 25.4 Å². The van der Waals surface area contributed by atoms with Crippen LogP contribution in [0.1, 0.15) is 32.2 Å². The molecule has 0 spiro atoms. The van der Waals surface area contributed by atoms with Crippen LogP contribution in [0.3, 0.4) is 0 Å². The molecule has 1 aromatic heterocycles. The van der Waals surface area contributed by atoms with Gasteiger partial charge in [-0.05, 0) is 38.5 Å². The summed E-state index contributed by atoms with van der Waals surface area (Å²) in [7, 11) is 1.66. The number of methoxy groups -OCH3 is 1. The van der Waals surface area contributed by atoms with E-state index in [1.807, 2.05) is 37.4 Å². The highest BCUT2D eigenvalue weighted by molar-refractivity contribution is 7.09. The Hall–Kier alpha value is -2.45. The molecule has 0 saturated carbocycles. The van der Waals surface area contributed by atoms with Gasteiger partial charge >= 0.3 is 5.97 Å². The summed E-state index contributed by atoms with van der Waals surface area (Å²) in [5, 5.41) is 2.96. The summed E-state index contributed by atoms with van der Waals surface area (Å²) in [6.07, 6.45) is 1.26. The number of rotatable bonds is 8. The average molecular weight is 419 g/mol. The van der Waals surface area contributed by atoms with Gasteiger partial charge in [0.1, 0.15) is 11.8 Å². The second-order valence-corrected chi connectivity index (χ2v) is 7.88. The number of carbonyl (C=O) groups is 2. The average Bonchev–Trinajstić information content (AvgIpc) is 3.20. The number of ether oxygens (including phenoxy) is 3. The van der Waals surface area contributed by atoms with Crippen molar-refractivity contribution in [1.82, 2.24) is 4.98 Å². The Bertz CT molecular complexity index is 882. The molecule has 0 bridgehead atoms. The maximum atomic E-state index is 12.6. The van der Waals surface area contributed by atoms with Gasteiger partial charge in [-0.2, -0.15) is 0 Å². The lowest BCUT2D eigenvalue weighted by atomic mass is 10.1. The lowest BCUT2D eigenvalue weighted by Gasteiger charge is -2.33.